The number of hydrogen-bond acceptors (Lipinski definition) is 16. The van der Waals surface area contributed by atoms with Crippen molar-refractivity contribution in [3.8, 4) is 22.8 Å². The van der Waals surface area contributed by atoms with Crippen LogP contribution in [0, 0.1) is 20.2 Å². The SMILES string of the molecule is C=CCN1C(=O)C2(CCCC2)c2cc(N)ccc21.C=CCN1C(=O)C2(CCCC2)c2cc([N+](=O)[O-])ccc21.C=CCN1C(=O)C2(CCCC2)c2cc3[nH]c4c(c3cc21)CCCc1cn[nH]c1-4.C=CCN1C(=O)C2(CCCC2)c2ccccc21.CC(=O)N1C(=O)Cc2ccccc21.CC(=O)O.C[Si](C)(C)CCOCn1cc2c(n1)-c1[nH]c3cc4c(cc3c1CCC2)NC(=O)C41CCCC1.O=[N+]([O-])O.[Zn]. The molecule has 6 aromatic carbocycles. The maximum absolute atomic E-state index is 13.4. The molecule has 0 saturated heterocycles. The van der Waals surface area contributed by atoms with E-state index >= 15 is 0 Å². The van der Waals surface area contributed by atoms with Crippen LogP contribution >= 0.6 is 0 Å². The number of amides is 7. The summed E-state index contributed by atoms with van der Waals surface area (Å²) in [6.45, 7) is 28.2. The largest absolute Gasteiger partial charge is 0.481 e. The molecule has 0 atom stereocenters. The third kappa shape index (κ3) is 18.5. The first-order chi connectivity index (χ1) is 65.8. The summed E-state index contributed by atoms with van der Waals surface area (Å²) in [5, 5.41) is 50.1. The van der Waals surface area contributed by atoms with E-state index in [1.165, 1.54) is 92.2 Å². The van der Waals surface area contributed by atoms with Gasteiger partial charge in [0.2, 0.25) is 41.4 Å². The van der Waals surface area contributed by atoms with Gasteiger partial charge in [0.05, 0.1) is 67.4 Å². The molecule has 0 bridgehead atoms. The number of aliphatic carboxylic acids is 1. The summed E-state index contributed by atoms with van der Waals surface area (Å²) in [6, 6.07) is 36.3. The van der Waals surface area contributed by atoms with Crippen molar-refractivity contribution in [2.24, 2.45) is 0 Å². The van der Waals surface area contributed by atoms with E-state index in [1.807, 2.05) is 86.3 Å². The van der Waals surface area contributed by atoms with Crippen LogP contribution in [-0.2, 0) is 128 Å². The number of carbonyl (C=O) groups excluding carboxylic acids is 7. The van der Waals surface area contributed by atoms with Crippen molar-refractivity contribution >= 4 is 123 Å². The van der Waals surface area contributed by atoms with Gasteiger partial charge < -0.3 is 55.7 Å². The van der Waals surface area contributed by atoms with Crippen molar-refractivity contribution < 1.29 is 82.9 Å². The topological polar surface area (TPSA) is 405 Å². The summed E-state index contributed by atoms with van der Waals surface area (Å²) in [5.74, 6) is -0.107. The molecule has 30 nitrogen and oxygen atoms in total. The molecule has 6 aliphatic heterocycles. The molecule has 138 heavy (non-hydrogen) atoms. The molecule has 10 heterocycles. The molecule has 5 spiro atoms. The third-order valence-corrected chi connectivity index (χ3v) is 31.6. The number of carbonyl (C=O) groups is 8. The van der Waals surface area contributed by atoms with E-state index in [0.717, 1.165) is 252 Å². The number of nitro groups is 1. The number of benzene rings is 6. The zero-order valence-electron chi connectivity index (χ0n) is 79.7. The first-order valence-corrected chi connectivity index (χ1v) is 51.8. The Labute approximate surface area is 816 Å². The molecule has 5 saturated carbocycles. The Bertz CT molecular complexity index is 6440. The number of fused-ring (bicyclic) bond motifs is 21. The molecule has 13 aliphatic rings. The minimum absolute atomic E-state index is 0. The molecule has 0 unspecified atom stereocenters. The quantitative estimate of drug-likeness (QED) is 0.0133. The molecule has 7 aliphatic carbocycles. The average Bonchev–Trinajstić information content (AvgIpc) is 1.52. The zero-order chi connectivity index (χ0) is 97.2. The number of nitrogens with zero attached hydrogens (tertiary/aromatic N) is 10. The van der Waals surface area contributed by atoms with Crippen molar-refractivity contribution in [2.75, 3.05) is 68.3 Å². The van der Waals surface area contributed by atoms with Gasteiger partial charge in [0, 0.05) is 148 Å². The number of nitrogens with two attached hydrogens (primary N) is 1. The number of anilines is 7. The Morgan fingerprint density at radius 1 is 0.529 bits per heavy atom. The van der Waals surface area contributed by atoms with Gasteiger partial charge in [-0.3, -0.25) is 58.5 Å². The summed E-state index contributed by atoms with van der Waals surface area (Å²) in [7, 11) is -1.09. The van der Waals surface area contributed by atoms with Gasteiger partial charge in [-0.1, -0.05) is 145 Å². The fourth-order valence-corrected chi connectivity index (χ4v) is 24.5. The van der Waals surface area contributed by atoms with E-state index < -0.39 is 29.5 Å². The summed E-state index contributed by atoms with van der Waals surface area (Å²) in [6.07, 6.45) is 38.4. The van der Waals surface area contributed by atoms with Gasteiger partial charge in [0.25, 0.3) is 16.7 Å². The number of imide groups is 1. The molecule has 8 N–H and O–H groups in total. The van der Waals surface area contributed by atoms with Gasteiger partial charge in [0.15, 0.2) is 0 Å². The second-order valence-electron chi connectivity index (χ2n) is 39.5. The number of carboxylic acids is 1. The first-order valence-electron chi connectivity index (χ1n) is 48.1. The molecule has 4 aromatic heterocycles. The number of carboxylic acid groups (broad SMARTS) is 1. The van der Waals surface area contributed by atoms with Gasteiger partial charge in [-0.15, -0.1) is 36.4 Å². The number of aryl methyl sites for hydroxylation is 4. The smallest absolute Gasteiger partial charge is 0.300 e. The number of aromatic nitrogens is 6. The first kappa shape index (κ1) is 99.4. The number of nitrogens with one attached hydrogen (secondary N) is 4. The van der Waals surface area contributed by atoms with Crippen LogP contribution in [0.2, 0.25) is 25.7 Å². The number of ether oxygens (including phenoxy) is 1. The maximum Gasteiger partial charge on any atom is 0.300 e. The van der Waals surface area contributed by atoms with E-state index in [0.29, 0.717) is 39.3 Å². The van der Waals surface area contributed by atoms with Crippen LogP contribution in [0.15, 0.2) is 172 Å². The van der Waals surface area contributed by atoms with Crippen LogP contribution in [0.4, 0.5) is 45.5 Å². The van der Waals surface area contributed by atoms with Crippen LogP contribution in [-0.4, -0.2) is 138 Å². The molecular weight excluding hydrogens is 1820 g/mol. The van der Waals surface area contributed by atoms with Gasteiger partial charge >= 0.3 is 0 Å². The molecule has 32 heteroatoms. The van der Waals surface area contributed by atoms with Gasteiger partial charge in [-0.05, 0) is 225 Å². The number of H-pyrrole nitrogens is 3. The van der Waals surface area contributed by atoms with Crippen molar-refractivity contribution in [2.45, 2.75) is 247 Å². The van der Waals surface area contributed by atoms with E-state index in [9.17, 15) is 43.7 Å². The van der Waals surface area contributed by atoms with E-state index in [4.69, 9.17) is 40.8 Å². The molecule has 23 rings (SSSR count). The van der Waals surface area contributed by atoms with Crippen molar-refractivity contribution in [1.82, 2.24) is 29.9 Å². The second kappa shape index (κ2) is 40.9. The van der Waals surface area contributed by atoms with Crippen molar-refractivity contribution in [1.29, 1.82) is 0 Å². The summed E-state index contributed by atoms with van der Waals surface area (Å²) < 4.78 is 7.92. The van der Waals surface area contributed by atoms with Gasteiger partial charge in [-0.2, -0.15) is 10.2 Å². The van der Waals surface area contributed by atoms with Gasteiger partial charge in [0.1, 0.15) is 12.4 Å². The predicted octanol–water partition coefficient (Wildman–Crippen LogP) is 19.4. The van der Waals surface area contributed by atoms with E-state index in [2.05, 4.69) is 114 Å². The Balaban J connectivity index is 0.000000126. The normalized spacial score (nSPS) is 18.3. The van der Waals surface area contributed by atoms with Crippen LogP contribution in [0.1, 0.15) is 211 Å². The minimum atomic E-state index is -1.50. The molecule has 0 radical (unpaired) electrons. The predicted molar refractivity (Wildman–Crippen MR) is 534 cm³/mol. The fraction of sp³-hybridized carbons (Fsp3) is 0.415. The van der Waals surface area contributed by atoms with E-state index in [-0.39, 0.29) is 88.2 Å². The number of nitrogen functional groups attached to an aromatic ring is 1. The van der Waals surface area contributed by atoms with Gasteiger partial charge in [-0.25, -0.2) is 4.68 Å². The van der Waals surface area contributed by atoms with Crippen molar-refractivity contribution in [3.05, 3.63) is 248 Å². The molecule has 7 amide bonds. The Hall–Kier alpha value is -13.1. The Morgan fingerprint density at radius 2 is 0.971 bits per heavy atom. The number of aromatic amines is 3. The molecule has 5 fully saturated rings. The van der Waals surface area contributed by atoms with E-state index in [1.54, 1.807) is 35.3 Å². The second-order valence-corrected chi connectivity index (χ2v) is 45.1. The summed E-state index contributed by atoms with van der Waals surface area (Å²) in [4.78, 5) is 131. The van der Waals surface area contributed by atoms with Crippen molar-refractivity contribution in [3.63, 3.8) is 0 Å². The van der Waals surface area contributed by atoms with Crippen LogP contribution < -0.4 is 35.6 Å². The number of para-hydroxylation sites is 2. The van der Waals surface area contributed by atoms with Crippen LogP contribution in [0.25, 0.3) is 44.6 Å². The fourth-order valence-electron chi connectivity index (χ4n) is 23.7. The monoisotopic (exact) mass is 1940 g/mol. The van der Waals surface area contributed by atoms with Crippen LogP contribution in [0.3, 0.4) is 0 Å². The minimum Gasteiger partial charge on any atom is -0.481 e. The Morgan fingerprint density at radius 3 is 1.49 bits per heavy atom. The summed E-state index contributed by atoms with van der Waals surface area (Å²) in [5.41, 5.74) is 29.4. The molecular formula is C106H123N15O15SiZn. The standard InChI is InChI=1S/C26H34N4O2Si.C23H24N4O.C15H16N2O3.C15H18N2O.C15H17NO.C10H9NO2.C2H4O2.HNO3.Zn/c1-33(2,3)12-11-32-16-30-15-17-7-6-8-18-19-13-22-20(14-21(19)27-24(18)23(17)29-30)26(25(31)28-22)9-4-5-10-26;1-2-10-27-19-11-16-15-7-5-6-14-13-24-26-20(14)21(15)25-18(16)12-17(19)23(22(27)28)8-3-4-9-23;1-2-9-16-13-6-5-11(17(19)20)10-12(13)15(14(16)18)7-3-4-8-15;1-2-9-17-13-6-5-11(16)10-12(13)15(14(17)18)7-3-4-8-15;1-2-11-16-13-8-4-3-7-12(13)15(14(16)17)9-5-6-10-15;1-7(12)11-9-5-3-2-4-8(9)6-10(11)13;1-2(3)4;2-1(3)4;/h13-15,27H,4-12,16H2,1-3H3,(H,28,31);2,11-13,25H,1,3-10H2,(H,24,26);2,5-6,10H,1,3-4,7-9H2;2,5-6,10H,1,3-4,7-9,16H2;2-4,7-8H,1,5-6,9-11H2;2-5H,6H2,1H3;1H3,(H,3,4);(H,2,3,4);. The molecule has 718 valence electrons. The number of hydrogen-bond donors (Lipinski definition) is 7. The number of rotatable bonds is 14. The third-order valence-electron chi connectivity index (χ3n) is 29.9. The summed E-state index contributed by atoms with van der Waals surface area (Å²) >= 11 is 0. The molecule has 10 aromatic rings. The zero-order valence-corrected chi connectivity index (χ0v) is 83.7. The Kier molecular flexibility index (Phi) is 29.5. The average molecular weight is 1940 g/mol. The maximum atomic E-state index is 13.4. The van der Waals surface area contributed by atoms with Crippen LogP contribution in [0.5, 0.6) is 0 Å². The number of nitro benzene ring substituents is 1. The number of non-ortho nitro benzene ring substituents is 1.